The third kappa shape index (κ3) is 5.12. The molecule has 2 heterocycles. The van der Waals surface area contributed by atoms with Crippen LogP contribution in [-0.4, -0.2) is 51.7 Å². The summed E-state index contributed by atoms with van der Waals surface area (Å²) in [6.07, 6.45) is 5.09. The molecule has 7 nitrogen and oxygen atoms in total. The van der Waals surface area contributed by atoms with Crippen molar-refractivity contribution in [3.8, 4) is 11.5 Å². The normalized spacial score (nSPS) is 15.2. The summed E-state index contributed by atoms with van der Waals surface area (Å²) in [4.78, 5) is 6.81. The van der Waals surface area contributed by atoms with Crippen LogP contribution in [0.15, 0.2) is 78.0 Å². The molecule has 33 heavy (non-hydrogen) atoms. The fraction of sp³-hybridized carbons (Fsp3) is 0.320. The minimum atomic E-state index is -3.77. The summed E-state index contributed by atoms with van der Waals surface area (Å²) in [5.41, 5.74) is 1.73. The lowest BCUT2D eigenvalue weighted by Crippen LogP contribution is -2.47. The Morgan fingerprint density at radius 3 is 2.33 bits per heavy atom. The Balaban J connectivity index is 1.63. The van der Waals surface area contributed by atoms with Gasteiger partial charge in [-0.2, -0.15) is 0 Å². The zero-order chi connectivity index (χ0) is 23.3. The van der Waals surface area contributed by atoms with E-state index >= 15 is 0 Å². The van der Waals surface area contributed by atoms with E-state index in [9.17, 15) is 8.42 Å². The van der Waals surface area contributed by atoms with Crippen LogP contribution in [0, 0.1) is 0 Å². The summed E-state index contributed by atoms with van der Waals surface area (Å²) in [6, 6.07) is 17.7. The number of hydrogen-bond donors (Lipinski definition) is 0. The smallest absolute Gasteiger partial charge is 0.264 e. The van der Waals surface area contributed by atoms with Crippen LogP contribution in [-0.2, 0) is 16.6 Å². The largest absolute Gasteiger partial charge is 0.493 e. The zero-order valence-electron chi connectivity index (χ0n) is 18.9. The highest BCUT2D eigenvalue weighted by Crippen LogP contribution is 2.36. The van der Waals surface area contributed by atoms with Crippen molar-refractivity contribution in [2.45, 2.75) is 30.3 Å². The number of methoxy groups -OCH3 is 2. The van der Waals surface area contributed by atoms with Crippen molar-refractivity contribution in [3.05, 3.63) is 78.6 Å². The Kier molecular flexibility index (Phi) is 7.15. The number of ether oxygens (including phenoxy) is 2. The number of piperidine rings is 1. The molecular formula is C25H29N3O4S. The summed E-state index contributed by atoms with van der Waals surface area (Å²) < 4.78 is 40.0. The number of nitrogens with zero attached hydrogens (tertiary/aromatic N) is 3. The molecule has 0 N–H and O–H groups in total. The van der Waals surface area contributed by atoms with Crippen LogP contribution in [0.3, 0.4) is 0 Å². The fourth-order valence-electron chi connectivity index (χ4n) is 4.28. The van der Waals surface area contributed by atoms with E-state index in [1.807, 2.05) is 18.3 Å². The molecule has 3 aromatic rings. The summed E-state index contributed by atoms with van der Waals surface area (Å²) in [5.74, 6) is 1.06. The first-order chi connectivity index (χ1) is 16.0. The summed E-state index contributed by atoms with van der Waals surface area (Å²) in [6.45, 7) is 2.41. The van der Waals surface area contributed by atoms with Crippen LogP contribution in [0.4, 0.5) is 5.69 Å². The van der Waals surface area contributed by atoms with E-state index in [2.05, 4.69) is 16.0 Å². The Labute approximate surface area is 195 Å². The number of aromatic nitrogens is 1. The molecule has 4 rings (SSSR count). The van der Waals surface area contributed by atoms with Crippen molar-refractivity contribution in [3.63, 3.8) is 0 Å². The van der Waals surface area contributed by atoms with Crippen molar-refractivity contribution in [1.29, 1.82) is 0 Å². The molecule has 0 saturated carbocycles. The van der Waals surface area contributed by atoms with Crippen molar-refractivity contribution in [2.24, 2.45) is 0 Å². The van der Waals surface area contributed by atoms with Gasteiger partial charge in [0.2, 0.25) is 0 Å². The van der Waals surface area contributed by atoms with Crippen molar-refractivity contribution in [1.82, 2.24) is 9.88 Å². The predicted octanol–water partition coefficient (Wildman–Crippen LogP) is 3.96. The maximum atomic E-state index is 13.8. The quantitative estimate of drug-likeness (QED) is 0.499. The highest BCUT2D eigenvalue weighted by molar-refractivity contribution is 7.92. The van der Waals surface area contributed by atoms with Gasteiger partial charge in [-0.05, 0) is 48.7 Å². The minimum absolute atomic E-state index is 0.168. The molecule has 0 bridgehead atoms. The number of rotatable bonds is 8. The van der Waals surface area contributed by atoms with Crippen LogP contribution < -0.4 is 13.8 Å². The van der Waals surface area contributed by atoms with Crippen LogP contribution in [0.5, 0.6) is 11.5 Å². The van der Waals surface area contributed by atoms with E-state index in [0.717, 1.165) is 38.0 Å². The lowest BCUT2D eigenvalue weighted by Gasteiger charge is -2.39. The van der Waals surface area contributed by atoms with E-state index in [1.165, 1.54) is 0 Å². The molecular weight excluding hydrogens is 438 g/mol. The van der Waals surface area contributed by atoms with Crippen molar-refractivity contribution in [2.75, 3.05) is 31.6 Å². The Bertz CT molecular complexity index is 1150. The second kappa shape index (κ2) is 10.2. The molecule has 1 saturated heterocycles. The average Bonchev–Trinajstić information content (AvgIpc) is 2.86. The highest BCUT2D eigenvalue weighted by atomic mass is 32.2. The SMILES string of the molecule is COc1ccc(N(C2CCN(Cc3cccnc3)CC2)S(=O)(=O)c2ccccc2)cc1OC. The number of sulfonamides is 1. The van der Waals surface area contributed by atoms with Gasteiger partial charge in [0.1, 0.15) is 0 Å². The Hall–Kier alpha value is -3.10. The molecule has 1 aliphatic rings. The Morgan fingerprint density at radius 1 is 0.970 bits per heavy atom. The predicted molar refractivity (Wildman–Crippen MR) is 128 cm³/mol. The van der Waals surface area contributed by atoms with Crippen LogP contribution in [0.1, 0.15) is 18.4 Å². The number of likely N-dealkylation sites (tertiary alicyclic amines) is 1. The van der Waals surface area contributed by atoms with Gasteiger partial charge in [-0.3, -0.25) is 14.2 Å². The first-order valence-electron chi connectivity index (χ1n) is 11.0. The second-order valence-corrected chi connectivity index (χ2v) is 9.84. The van der Waals surface area contributed by atoms with Crippen molar-refractivity contribution < 1.29 is 17.9 Å². The molecule has 0 aliphatic carbocycles. The van der Waals surface area contributed by atoms with Gasteiger partial charge in [0, 0.05) is 44.1 Å². The maximum Gasteiger partial charge on any atom is 0.264 e. The number of anilines is 1. The lowest BCUT2D eigenvalue weighted by atomic mass is 10.0. The number of hydrogen-bond acceptors (Lipinski definition) is 6. The molecule has 2 aromatic carbocycles. The van der Waals surface area contributed by atoms with Crippen LogP contribution in [0.25, 0.3) is 0 Å². The highest BCUT2D eigenvalue weighted by Gasteiger charge is 2.34. The molecule has 0 amide bonds. The lowest BCUT2D eigenvalue weighted by molar-refractivity contribution is 0.206. The first-order valence-corrected chi connectivity index (χ1v) is 12.4. The molecule has 0 spiro atoms. The standard InChI is InChI=1S/C25H29N3O4S/c1-31-24-11-10-22(17-25(24)32-2)28(33(29,30)23-8-4-3-5-9-23)21-12-15-27(16-13-21)19-20-7-6-14-26-18-20/h3-11,14,17-18,21H,12-13,15-16,19H2,1-2H3. The van der Waals surface area contributed by atoms with Gasteiger partial charge in [0.15, 0.2) is 11.5 Å². The summed E-state index contributed by atoms with van der Waals surface area (Å²) in [5, 5.41) is 0. The van der Waals surface area contributed by atoms with E-state index in [1.54, 1.807) is 67.2 Å². The van der Waals surface area contributed by atoms with Gasteiger partial charge < -0.3 is 9.47 Å². The molecule has 0 unspecified atom stereocenters. The Morgan fingerprint density at radius 2 is 1.70 bits per heavy atom. The number of pyridine rings is 1. The molecule has 8 heteroatoms. The van der Waals surface area contributed by atoms with Crippen LogP contribution >= 0.6 is 0 Å². The molecule has 1 fully saturated rings. The minimum Gasteiger partial charge on any atom is -0.493 e. The molecule has 1 aliphatic heterocycles. The maximum absolute atomic E-state index is 13.8. The van der Waals surface area contributed by atoms with Gasteiger partial charge in [0.05, 0.1) is 24.8 Å². The van der Waals surface area contributed by atoms with Gasteiger partial charge in [-0.1, -0.05) is 24.3 Å². The van der Waals surface area contributed by atoms with E-state index < -0.39 is 10.0 Å². The van der Waals surface area contributed by atoms with Gasteiger partial charge in [0.25, 0.3) is 10.0 Å². The van der Waals surface area contributed by atoms with Gasteiger partial charge in [-0.15, -0.1) is 0 Å². The molecule has 1 aromatic heterocycles. The van der Waals surface area contributed by atoms with Gasteiger partial charge >= 0.3 is 0 Å². The average molecular weight is 468 g/mol. The zero-order valence-corrected chi connectivity index (χ0v) is 19.7. The second-order valence-electron chi connectivity index (χ2n) is 8.02. The van der Waals surface area contributed by atoms with Gasteiger partial charge in [-0.25, -0.2) is 8.42 Å². The first kappa shape index (κ1) is 23.1. The number of benzene rings is 2. The monoisotopic (exact) mass is 467 g/mol. The summed E-state index contributed by atoms with van der Waals surface area (Å²) in [7, 11) is -0.653. The topological polar surface area (TPSA) is 72.0 Å². The van der Waals surface area contributed by atoms with E-state index in [0.29, 0.717) is 17.2 Å². The van der Waals surface area contributed by atoms with E-state index in [-0.39, 0.29) is 10.9 Å². The van der Waals surface area contributed by atoms with E-state index in [4.69, 9.17) is 9.47 Å². The third-order valence-electron chi connectivity index (χ3n) is 5.94. The van der Waals surface area contributed by atoms with Crippen molar-refractivity contribution >= 4 is 15.7 Å². The van der Waals surface area contributed by atoms with Crippen LogP contribution in [0.2, 0.25) is 0 Å². The molecule has 0 radical (unpaired) electrons. The molecule has 0 atom stereocenters. The fourth-order valence-corrected chi connectivity index (χ4v) is 6.00. The summed E-state index contributed by atoms with van der Waals surface area (Å²) >= 11 is 0. The third-order valence-corrected chi connectivity index (χ3v) is 7.83. The molecule has 174 valence electrons.